The van der Waals surface area contributed by atoms with Gasteiger partial charge in [-0.25, -0.2) is 4.79 Å². The molecule has 0 spiro atoms. The smallest absolute Gasteiger partial charge is 0.321 e. The van der Waals surface area contributed by atoms with Crippen molar-refractivity contribution in [1.82, 2.24) is 15.5 Å². The Balaban J connectivity index is 2.43. The molecule has 0 heterocycles. The SMILES string of the molecule is CCCN(CCC(=O)NC(=O)NC)Cc1ccccc1. The molecule has 0 radical (unpaired) electrons. The third-order valence-electron chi connectivity index (χ3n) is 2.92. The number of urea groups is 1. The summed E-state index contributed by atoms with van der Waals surface area (Å²) in [6, 6.07) is 9.71. The molecule has 0 aromatic heterocycles. The van der Waals surface area contributed by atoms with Gasteiger partial charge in [-0.2, -0.15) is 0 Å². The van der Waals surface area contributed by atoms with Crippen LogP contribution in [0.4, 0.5) is 4.79 Å². The van der Waals surface area contributed by atoms with E-state index in [1.807, 2.05) is 18.2 Å². The van der Waals surface area contributed by atoms with Gasteiger partial charge in [-0.3, -0.25) is 15.0 Å². The number of amides is 3. The van der Waals surface area contributed by atoms with Crippen LogP contribution in [-0.2, 0) is 11.3 Å². The fourth-order valence-corrected chi connectivity index (χ4v) is 1.94. The average molecular weight is 277 g/mol. The monoisotopic (exact) mass is 277 g/mol. The van der Waals surface area contributed by atoms with Crippen LogP contribution in [0.2, 0.25) is 0 Å². The highest BCUT2D eigenvalue weighted by molar-refractivity contribution is 5.94. The molecular formula is C15H23N3O2. The Bertz CT molecular complexity index is 420. The van der Waals surface area contributed by atoms with Crippen molar-refractivity contribution in [3.05, 3.63) is 35.9 Å². The van der Waals surface area contributed by atoms with Gasteiger partial charge in [-0.05, 0) is 18.5 Å². The van der Waals surface area contributed by atoms with Gasteiger partial charge in [0.05, 0.1) is 0 Å². The second-order valence-electron chi connectivity index (χ2n) is 4.64. The van der Waals surface area contributed by atoms with E-state index >= 15 is 0 Å². The van der Waals surface area contributed by atoms with E-state index in [1.54, 1.807) is 0 Å². The quantitative estimate of drug-likeness (QED) is 0.798. The molecule has 0 bridgehead atoms. The lowest BCUT2D eigenvalue weighted by atomic mass is 10.2. The van der Waals surface area contributed by atoms with Crippen LogP contribution < -0.4 is 10.6 Å². The fourth-order valence-electron chi connectivity index (χ4n) is 1.94. The number of benzene rings is 1. The first-order chi connectivity index (χ1) is 9.65. The van der Waals surface area contributed by atoms with Gasteiger partial charge in [0.15, 0.2) is 0 Å². The molecule has 5 nitrogen and oxygen atoms in total. The Morgan fingerprint density at radius 1 is 1.15 bits per heavy atom. The van der Waals surface area contributed by atoms with Crippen LogP contribution in [0, 0.1) is 0 Å². The van der Waals surface area contributed by atoms with Gasteiger partial charge in [0, 0.05) is 26.6 Å². The first-order valence-electron chi connectivity index (χ1n) is 6.93. The lowest BCUT2D eigenvalue weighted by molar-refractivity contribution is -0.120. The number of carbonyl (C=O) groups excluding carboxylic acids is 2. The van der Waals surface area contributed by atoms with Crippen LogP contribution in [0.1, 0.15) is 25.3 Å². The standard InChI is InChI=1S/C15H23N3O2/c1-3-10-18(12-13-7-5-4-6-8-13)11-9-14(19)17-15(20)16-2/h4-8H,3,9-12H2,1-2H3,(H2,16,17,19,20). The molecule has 0 aliphatic rings. The predicted molar refractivity (Wildman–Crippen MR) is 79.2 cm³/mol. The maximum absolute atomic E-state index is 11.6. The van der Waals surface area contributed by atoms with Gasteiger partial charge in [-0.1, -0.05) is 37.3 Å². The zero-order valence-corrected chi connectivity index (χ0v) is 12.2. The lowest BCUT2D eigenvalue weighted by Gasteiger charge is -2.21. The first-order valence-corrected chi connectivity index (χ1v) is 6.93. The maximum atomic E-state index is 11.6. The Hall–Kier alpha value is -1.88. The molecule has 0 fully saturated rings. The van der Waals surface area contributed by atoms with Crippen molar-refractivity contribution in [3.8, 4) is 0 Å². The summed E-state index contributed by atoms with van der Waals surface area (Å²) >= 11 is 0. The summed E-state index contributed by atoms with van der Waals surface area (Å²) in [7, 11) is 1.49. The first kappa shape index (κ1) is 16.2. The second-order valence-corrected chi connectivity index (χ2v) is 4.64. The predicted octanol–water partition coefficient (Wildman–Crippen LogP) is 1.74. The average Bonchev–Trinajstić information content (AvgIpc) is 2.46. The van der Waals surface area contributed by atoms with E-state index in [0.717, 1.165) is 19.5 Å². The van der Waals surface area contributed by atoms with Crippen LogP contribution in [0.15, 0.2) is 30.3 Å². The van der Waals surface area contributed by atoms with Crippen LogP contribution in [-0.4, -0.2) is 37.0 Å². The Labute approximate surface area is 120 Å². The third-order valence-corrected chi connectivity index (χ3v) is 2.92. The molecule has 0 saturated heterocycles. The molecule has 110 valence electrons. The van der Waals surface area contributed by atoms with Crippen molar-refractivity contribution in [3.63, 3.8) is 0 Å². The molecule has 5 heteroatoms. The maximum Gasteiger partial charge on any atom is 0.321 e. The molecule has 1 aromatic rings. The Morgan fingerprint density at radius 2 is 1.85 bits per heavy atom. The number of carbonyl (C=O) groups is 2. The van der Waals surface area contributed by atoms with E-state index in [4.69, 9.17) is 0 Å². The Kier molecular flexibility index (Phi) is 7.35. The summed E-state index contributed by atoms with van der Waals surface area (Å²) < 4.78 is 0. The molecule has 0 unspecified atom stereocenters. The van der Waals surface area contributed by atoms with E-state index in [9.17, 15) is 9.59 Å². The zero-order valence-electron chi connectivity index (χ0n) is 12.2. The molecule has 0 aliphatic heterocycles. The minimum Gasteiger partial charge on any atom is -0.341 e. The minimum absolute atomic E-state index is 0.251. The summed E-state index contributed by atoms with van der Waals surface area (Å²) in [5, 5.41) is 4.64. The largest absolute Gasteiger partial charge is 0.341 e. The summed E-state index contributed by atoms with van der Waals surface area (Å²) in [6.45, 7) is 4.51. The molecule has 3 amide bonds. The minimum atomic E-state index is -0.458. The van der Waals surface area contributed by atoms with Gasteiger partial charge >= 0.3 is 6.03 Å². The van der Waals surface area contributed by atoms with Crippen LogP contribution in [0.25, 0.3) is 0 Å². The highest BCUT2D eigenvalue weighted by Gasteiger charge is 2.10. The fraction of sp³-hybridized carbons (Fsp3) is 0.467. The summed E-state index contributed by atoms with van der Waals surface area (Å²) in [4.78, 5) is 24.8. The number of nitrogens with one attached hydrogen (secondary N) is 2. The van der Waals surface area contributed by atoms with E-state index in [-0.39, 0.29) is 5.91 Å². The molecular weight excluding hydrogens is 254 g/mol. The van der Waals surface area contributed by atoms with Gasteiger partial charge in [0.2, 0.25) is 5.91 Å². The van der Waals surface area contributed by atoms with Crippen molar-refractivity contribution in [2.24, 2.45) is 0 Å². The van der Waals surface area contributed by atoms with Crippen molar-refractivity contribution >= 4 is 11.9 Å². The Morgan fingerprint density at radius 3 is 2.45 bits per heavy atom. The van der Waals surface area contributed by atoms with Gasteiger partial charge in [-0.15, -0.1) is 0 Å². The highest BCUT2D eigenvalue weighted by atomic mass is 16.2. The molecule has 0 saturated carbocycles. The van der Waals surface area contributed by atoms with E-state index in [2.05, 4.69) is 34.6 Å². The van der Waals surface area contributed by atoms with E-state index < -0.39 is 6.03 Å². The van der Waals surface area contributed by atoms with E-state index in [0.29, 0.717) is 13.0 Å². The van der Waals surface area contributed by atoms with Gasteiger partial charge in [0.1, 0.15) is 0 Å². The summed E-state index contributed by atoms with van der Waals surface area (Å²) in [6.07, 6.45) is 1.35. The normalized spacial score (nSPS) is 10.3. The van der Waals surface area contributed by atoms with Crippen LogP contribution in [0.5, 0.6) is 0 Å². The molecule has 2 N–H and O–H groups in total. The highest BCUT2D eigenvalue weighted by Crippen LogP contribution is 2.05. The number of hydrogen-bond donors (Lipinski definition) is 2. The van der Waals surface area contributed by atoms with Crippen molar-refractivity contribution in [2.75, 3.05) is 20.1 Å². The number of nitrogens with zero attached hydrogens (tertiary/aromatic N) is 1. The van der Waals surface area contributed by atoms with Crippen molar-refractivity contribution in [2.45, 2.75) is 26.3 Å². The molecule has 0 aliphatic carbocycles. The number of rotatable bonds is 7. The van der Waals surface area contributed by atoms with Crippen LogP contribution in [0.3, 0.4) is 0 Å². The van der Waals surface area contributed by atoms with Gasteiger partial charge < -0.3 is 5.32 Å². The van der Waals surface area contributed by atoms with Crippen LogP contribution >= 0.6 is 0 Å². The summed E-state index contributed by atoms with van der Waals surface area (Å²) in [5.74, 6) is -0.251. The van der Waals surface area contributed by atoms with Crippen molar-refractivity contribution < 1.29 is 9.59 Å². The molecule has 1 rings (SSSR count). The molecule has 0 atom stereocenters. The third kappa shape index (κ3) is 6.33. The van der Waals surface area contributed by atoms with Crippen molar-refractivity contribution in [1.29, 1.82) is 0 Å². The van der Waals surface area contributed by atoms with E-state index in [1.165, 1.54) is 12.6 Å². The topological polar surface area (TPSA) is 61.4 Å². The molecule has 1 aromatic carbocycles. The number of hydrogen-bond acceptors (Lipinski definition) is 3. The second kappa shape index (κ2) is 9.09. The summed E-state index contributed by atoms with van der Waals surface area (Å²) in [5.41, 5.74) is 1.23. The number of imide groups is 1. The zero-order chi connectivity index (χ0) is 14.8. The lowest BCUT2D eigenvalue weighted by Crippen LogP contribution is -2.39. The van der Waals surface area contributed by atoms with Gasteiger partial charge in [0.25, 0.3) is 0 Å². The molecule has 20 heavy (non-hydrogen) atoms.